The number of methoxy groups -OCH3 is 1. The molecule has 0 spiro atoms. The number of ether oxygens (including phenoxy) is 2. The number of fused-ring (bicyclic) bond motifs is 1. The number of aromatic nitrogens is 2. The molecule has 2 atom stereocenters. The first-order chi connectivity index (χ1) is 15.5. The Hall–Kier alpha value is -2.72. The maximum atomic E-state index is 14.0. The average Bonchev–Trinajstić information content (AvgIpc) is 3.58. The molecule has 1 aliphatic heterocycles. The summed E-state index contributed by atoms with van der Waals surface area (Å²) in [6.07, 6.45) is 1.53. The van der Waals surface area contributed by atoms with Crippen molar-refractivity contribution in [3.05, 3.63) is 29.7 Å². The highest BCUT2D eigenvalue weighted by molar-refractivity contribution is 5.85. The molecule has 4 rings (SSSR count). The van der Waals surface area contributed by atoms with Crippen LogP contribution in [-0.2, 0) is 20.8 Å². The van der Waals surface area contributed by atoms with E-state index in [2.05, 4.69) is 15.4 Å². The number of amides is 2. The molecule has 0 bridgehead atoms. The predicted molar refractivity (Wildman–Crippen MR) is 116 cm³/mol. The van der Waals surface area contributed by atoms with Crippen molar-refractivity contribution in [2.45, 2.75) is 50.9 Å². The molecule has 1 aliphatic carbocycles. The Morgan fingerprint density at radius 1 is 1.44 bits per heavy atom. The zero-order valence-corrected chi connectivity index (χ0v) is 18.5. The third-order valence-electron chi connectivity index (χ3n) is 5.95. The van der Waals surface area contributed by atoms with Crippen molar-refractivity contribution >= 4 is 22.9 Å². The summed E-state index contributed by atoms with van der Waals surface area (Å²) in [6.45, 7) is 4.63. The first-order valence-corrected chi connectivity index (χ1v) is 11.1. The van der Waals surface area contributed by atoms with Gasteiger partial charge in [-0.05, 0) is 44.4 Å². The number of rotatable bonds is 8. The van der Waals surface area contributed by atoms with E-state index < -0.39 is 12.2 Å². The Kier molecular flexibility index (Phi) is 6.90. The third kappa shape index (κ3) is 4.86. The van der Waals surface area contributed by atoms with E-state index in [-0.39, 0.29) is 23.8 Å². The van der Waals surface area contributed by atoms with Gasteiger partial charge < -0.3 is 25.0 Å². The molecule has 2 heterocycles. The van der Waals surface area contributed by atoms with Crippen LogP contribution in [0.2, 0.25) is 0 Å². The third-order valence-corrected chi connectivity index (χ3v) is 5.95. The van der Waals surface area contributed by atoms with Gasteiger partial charge in [-0.25, -0.2) is 9.18 Å². The summed E-state index contributed by atoms with van der Waals surface area (Å²) in [5.74, 6) is -0.373. The second-order valence-electron chi connectivity index (χ2n) is 8.26. The molecule has 2 aromatic rings. The topological polar surface area (TPSA) is 97.7 Å². The largest absolute Gasteiger partial charge is 0.453 e. The van der Waals surface area contributed by atoms with Crippen LogP contribution in [-0.4, -0.2) is 72.2 Å². The number of nitrogens with zero attached hydrogens (tertiary/aromatic N) is 3. The summed E-state index contributed by atoms with van der Waals surface area (Å²) < 4.78 is 26.1. The molecule has 1 saturated carbocycles. The van der Waals surface area contributed by atoms with E-state index >= 15 is 0 Å². The van der Waals surface area contributed by atoms with Crippen molar-refractivity contribution in [2.75, 3.05) is 33.4 Å². The highest BCUT2D eigenvalue weighted by Crippen LogP contribution is 2.37. The van der Waals surface area contributed by atoms with E-state index in [4.69, 9.17) is 9.84 Å². The molecule has 2 aliphatic rings. The highest BCUT2D eigenvalue weighted by atomic mass is 19.1. The number of carbonyl (C=O) groups is 2. The maximum absolute atomic E-state index is 14.0. The van der Waals surface area contributed by atoms with Crippen molar-refractivity contribution in [3.8, 4) is 0 Å². The Morgan fingerprint density at radius 2 is 2.25 bits per heavy atom. The van der Waals surface area contributed by atoms with E-state index in [1.54, 1.807) is 10.7 Å². The second kappa shape index (κ2) is 9.83. The van der Waals surface area contributed by atoms with Gasteiger partial charge in [-0.1, -0.05) is 0 Å². The number of nitrogens with one attached hydrogen (secondary N) is 2. The quantitative estimate of drug-likeness (QED) is 0.601. The Bertz CT molecular complexity index is 971. The number of morpholine rings is 1. The molecule has 32 heavy (non-hydrogen) atoms. The van der Waals surface area contributed by atoms with E-state index in [1.165, 1.54) is 19.2 Å². The summed E-state index contributed by atoms with van der Waals surface area (Å²) >= 11 is 0. The Labute approximate surface area is 186 Å². The fourth-order valence-corrected chi connectivity index (χ4v) is 4.21. The predicted octanol–water partition coefficient (Wildman–Crippen LogP) is 1.96. The van der Waals surface area contributed by atoms with Crippen LogP contribution in [0.15, 0.2) is 18.2 Å². The van der Waals surface area contributed by atoms with Crippen molar-refractivity contribution in [1.29, 1.82) is 0 Å². The van der Waals surface area contributed by atoms with Crippen LogP contribution in [0.4, 0.5) is 9.18 Å². The molecule has 2 amide bonds. The molecular formula is C22H30FN5O4. The van der Waals surface area contributed by atoms with Gasteiger partial charge in [-0.3, -0.25) is 9.48 Å². The molecule has 0 radical (unpaired) electrons. The summed E-state index contributed by atoms with van der Waals surface area (Å²) in [5.41, 5.74) is 1.41. The summed E-state index contributed by atoms with van der Waals surface area (Å²) in [6, 6.07) is 4.50. The van der Waals surface area contributed by atoms with Crippen molar-refractivity contribution in [3.63, 3.8) is 0 Å². The van der Waals surface area contributed by atoms with E-state index in [9.17, 15) is 14.0 Å². The molecule has 174 valence electrons. The van der Waals surface area contributed by atoms with Gasteiger partial charge in [-0.15, -0.1) is 0 Å². The van der Waals surface area contributed by atoms with Gasteiger partial charge in [0.1, 0.15) is 11.9 Å². The second-order valence-corrected chi connectivity index (χ2v) is 8.26. The monoisotopic (exact) mass is 447 g/mol. The zero-order chi connectivity index (χ0) is 22.7. The standard InChI is InChI=1S/C22H30FN5O4/c1-14(28(16-5-6-16)21(29)19-13-24-9-11-32-19)20-17-7-4-15(23)12-18(17)27(26-20)10-3-8-25-22(30)31-2/h4,7,12,14,16,19,24H,3,5-6,8-11,13H2,1-2H3,(H,25,30)/t14-,19+/m0/s1. The van der Waals surface area contributed by atoms with Gasteiger partial charge in [-0.2, -0.15) is 5.10 Å². The van der Waals surface area contributed by atoms with E-state index in [0.717, 1.165) is 30.5 Å². The molecule has 10 heteroatoms. The molecule has 1 aromatic heterocycles. The average molecular weight is 448 g/mol. The van der Waals surface area contributed by atoms with Crippen LogP contribution >= 0.6 is 0 Å². The molecule has 1 saturated heterocycles. The first-order valence-electron chi connectivity index (χ1n) is 11.1. The van der Waals surface area contributed by atoms with Crippen LogP contribution < -0.4 is 10.6 Å². The number of benzene rings is 1. The minimum atomic E-state index is -0.498. The number of alkyl carbamates (subject to hydrolysis) is 1. The molecule has 0 unspecified atom stereocenters. The van der Waals surface area contributed by atoms with Gasteiger partial charge in [0.2, 0.25) is 0 Å². The Balaban J connectivity index is 1.57. The van der Waals surface area contributed by atoms with Crippen molar-refractivity contribution < 1.29 is 23.5 Å². The summed E-state index contributed by atoms with van der Waals surface area (Å²) in [7, 11) is 1.31. The lowest BCUT2D eigenvalue weighted by Crippen LogP contribution is -2.50. The van der Waals surface area contributed by atoms with Gasteiger partial charge in [0.05, 0.1) is 31.0 Å². The smallest absolute Gasteiger partial charge is 0.406 e. The number of hydrogen-bond acceptors (Lipinski definition) is 6. The Morgan fingerprint density at radius 3 is 2.94 bits per heavy atom. The fraction of sp³-hybridized carbons (Fsp3) is 0.591. The minimum Gasteiger partial charge on any atom is -0.453 e. The highest BCUT2D eigenvalue weighted by Gasteiger charge is 2.41. The van der Waals surface area contributed by atoms with Gasteiger partial charge >= 0.3 is 6.09 Å². The zero-order valence-electron chi connectivity index (χ0n) is 18.5. The van der Waals surface area contributed by atoms with Gasteiger partial charge in [0, 0.05) is 37.6 Å². The van der Waals surface area contributed by atoms with Crippen LogP contribution in [0.5, 0.6) is 0 Å². The summed E-state index contributed by atoms with van der Waals surface area (Å²) in [5, 5.41) is 11.5. The number of halogens is 1. The van der Waals surface area contributed by atoms with Crippen molar-refractivity contribution in [1.82, 2.24) is 25.3 Å². The lowest BCUT2D eigenvalue weighted by Gasteiger charge is -2.33. The number of carbonyl (C=O) groups excluding carboxylic acids is 2. The molecule has 2 N–H and O–H groups in total. The van der Waals surface area contributed by atoms with Crippen LogP contribution in [0, 0.1) is 5.82 Å². The lowest BCUT2D eigenvalue weighted by atomic mass is 10.1. The fourth-order valence-electron chi connectivity index (χ4n) is 4.21. The van der Waals surface area contributed by atoms with Gasteiger partial charge in [0.15, 0.2) is 0 Å². The number of hydrogen-bond donors (Lipinski definition) is 2. The first kappa shape index (κ1) is 22.5. The minimum absolute atomic E-state index is 0.0284. The molecular weight excluding hydrogens is 417 g/mol. The SMILES string of the molecule is COC(=O)NCCCn1nc([C@H](C)N(C(=O)[C@H]2CNCCO2)C2CC2)c2ccc(F)cc21. The van der Waals surface area contributed by atoms with E-state index in [1.807, 2.05) is 11.8 Å². The normalized spacial score (nSPS) is 19.5. The molecule has 2 fully saturated rings. The van der Waals surface area contributed by atoms with Crippen LogP contribution in [0.25, 0.3) is 10.9 Å². The molecule has 9 nitrogen and oxygen atoms in total. The molecule has 1 aromatic carbocycles. The lowest BCUT2D eigenvalue weighted by molar-refractivity contribution is -0.148. The van der Waals surface area contributed by atoms with Crippen LogP contribution in [0.3, 0.4) is 0 Å². The van der Waals surface area contributed by atoms with Crippen molar-refractivity contribution in [2.24, 2.45) is 0 Å². The van der Waals surface area contributed by atoms with Crippen LogP contribution in [0.1, 0.15) is 37.9 Å². The van der Waals surface area contributed by atoms with E-state index in [0.29, 0.717) is 38.2 Å². The number of aryl methyl sites for hydroxylation is 1. The maximum Gasteiger partial charge on any atom is 0.406 e. The summed E-state index contributed by atoms with van der Waals surface area (Å²) in [4.78, 5) is 26.5. The van der Waals surface area contributed by atoms with Gasteiger partial charge in [0.25, 0.3) is 5.91 Å².